The van der Waals surface area contributed by atoms with Gasteiger partial charge in [0.1, 0.15) is 10.6 Å². The smallest absolute Gasteiger partial charge is 0.270 e. The Morgan fingerprint density at radius 2 is 2.10 bits per heavy atom. The Morgan fingerprint density at radius 1 is 1.45 bits per heavy atom. The fourth-order valence-corrected chi connectivity index (χ4v) is 3.04. The Hall–Kier alpha value is -1.01. The van der Waals surface area contributed by atoms with Gasteiger partial charge in [0, 0.05) is 36.0 Å². The summed E-state index contributed by atoms with van der Waals surface area (Å²) in [6.45, 7) is 5.11. The first-order valence-corrected chi connectivity index (χ1v) is 9.15. The Balaban J connectivity index is 2.35. The monoisotopic (exact) mass is 318 g/mol. The Morgan fingerprint density at radius 3 is 2.55 bits per heavy atom. The fraction of sp³-hybridized carbons (Fsp3) is 0.615. The van der Waals surface area contributed by atoms with Crippen LogP contribution in [-0.4, -0.2) is 36.4 Å². The third kappa shape index (κ3) is 3.17. The van der Waals surface area contributed by atoms with E-state index in [1.54, 1.807) is 4.57 Å². The zero-order chi connectivity index (χ0) is 14.9. The van der Waals surface area contributed by atoms with E-state index >= 15 is 0 Å². The molecule has 112 valence electrons. The van der Waals surface area contributed by atoms with Gasteiger partial charge in [-0.1, -0.05) is 6.92 Å². The molecule has 0 bridgehead atoms. The number of hydrogen-bond donors (Lipinski definition) is 0. The van der Waals surface area contributed by atoms with E-state index in [-0.39, 0.29) is 10.8 Å². The normalized spacial score (nSPS) is 15.3. The molecule has 0 N–H and O–H groups in total. The molecule has 20 heavy (non-hydrogen) atoms. The van der Waals surface area contributed by atoms with Crippen LogP contribution in [0, 0.1) is 0 Å². The van der Waals surface area contributed by atoms with Gasteiger partial charge in [-0.3, -0.25) is 4.79 Å². The SMILES string of the molecule is CCCN(C(=O)c1cc(S(=O)(=O)Cl)cn1CC)C1CC1. The molecule has 0 aromatic carbocycles. The molecule has 0 unspecified atom stereocenters. The topological polar surface area (TPSA) is 59.4 Å². The quantitative estimate of drug-likeness (QED) is 0.757. The zero-order valence-electron chi connectivity index (χ0n) is 11.7. The predicted octanol–water partition coefficient (Wildman–Crippen LogP) is 2.45. The maximum Gasteiger partial charge on any atom is 0.270 e. The lowest BCUT2D eigenvalue weighted by Gasteiger charge is -2.22. The summed E-state index contributed by atoms with van der Waals surface area (Å²) in [5, 5.41) is 0. The average molecular weight is 319 g/mol. The van der Waals surface area contributed by atoms with Gasteiger partial charge in [-0.2, -0.15) is 0 Å². The molecule has 0 radical (unpaired) electrons. The van der Waals surface area contributed by atoms with Crippen molar-refractivity contribution in [1.29, 1.82) is 0 Å². The third-order valence-electron chi connectivity index (χ3n) is 3.43. The van der Waals surface area contributed by atoms with Crippen molar-refractivity contribution < 1.29 is 13.2 Å². The van der Waals surface area contributed by atoms with Crippen LogP contribution in [0.5, 0.6) is 0 Å². The highest BCUT2D eigenvalue weighted by molar-refractivity contribution is 8.13. The molecule has 1 aliphatic rings. The van der Waals surface area contributed by atoms with E-state index in [4.69, 9.17) is 10.7 Å². The standard InChI is InChI=1S/C13H19ClN2O3S/c1-3-7-16(10-5-6-10)13(17)12-8-11(20(14,18)19)9-15(12)4-2/h8-10H,3-7H2,1-2H3. The van der Waals surface area contributed by atoms with E-state index in [1.165, 1.54) is 12.3 Å². The maximum absolute atomic E-state index is 12.6. The fourth-order valence-electron chi connectivity index (χ4n) is 2.28. The summed E-state index contributed by atoms with van der Waals surface area (Å²) in [7, 11) is 1.55. The molecular formula is C13H19ClN2O3S. The van der Waals surface area contributed by atoms with Crippen molar-refractivity contribution in [3.05, 3.63) is 18.0 Å². The Labute approximate surface area is 123 Å². The first kappa shape index (κ1) is 15.4. The molecule has 1 fully saturated rings. The Kier molecular flexibility index (Phi) is 4.44. The van der Waals surface area contributed by atoms with Gasteiger partial charge in [-0.15, -0.1) is 0 Å². The van der Waals surface area contributed by atoms with Gasteiger partial charge < -0.3 is 9.47 Å². The van der Waals surface area contributed by atoms with Crippen LogP contribution in [0.15, 0.2) is 17.2 Å². The van der Waals surface area contributed by atoms with E-state index in [0.29, 0.717) is 24.8 Å². The lowest BCUT2D eigenvalue weighted by Crippen LogP contribution is -2.35. The number of aryl methyl sites for hydroxylation is 1. The molecule has 1 amide bonds. The highest BCUT2D eigenvalue weighted by atomic mass is 35.7. The van der Waals surface area contributed by atoms with Crippen molar-refractivity contribution in [3.63, 3.8) is 0 Å². The number of carbonyl (C=O) groups excluding carboxylic acids is 1. The van der Waals surface area contributed by atoms with Crippen molar-refractivity contribution in [2.24, 2.45) is 0 Å². The number of hydrogen-bond acceptors (Lipinski definition) is 3. The van der Waals surface area contributed by atoms with E-state index in [0.717, 1.165) is 19.3 Å². The summed E-state index contributed by atoms with van der Waals surface area (Å²) in [6, 6.07) is 1.68. The van der Waals surface area contributed by atoms with Crippen molar-refractivity contribution in [2.45, 2.75) is 50.6 Å². The molecule has 0 aliphatic heterocycles. The van der Waals surface area contributed by atoms with Crippen LogP contribution in [0.4, 0.5) is 0 Å². The summed E-state index contributed by atoms with van der Waals surface area (Å²) in [6.07, 6.45) is 4.36. The molecular weight excluding hydrogens is 300 g/mol. The summed E-state index contributed by atoms with van der Waals surface area (Å²) in [4.78, 5) is 14.4. The number of rotatable bonds is 6. The van der Waals surface area contributed by atoms with Crippen LogP contribution >= 0.6 is 10.7 Å². The first-order valence-electron chi connectivity index (χ1n) is 6.84. The van der Waals surface area contributed by atoms with Gasteiger partial charge >= 0.3 is 0 Å². The van der Waals surface area contributed by atoms with Gasteiger partial charge in [0.2, 0.25) is 0 Å². The van der Waals surface area contributed by atoms with Crippen LogP contribution in [0.2, 0.25) is 0 Å². The number of halogens is 1. The van der Waals surface area contributed by atoms with Gasteiger partial charge in [0.05, 0.1) is 0 Å². The summed E-state index contributed by atoms with van der Waals surface area (Å²) in [5.41, 5.74) is 0.395. The molecule has 5 nitrogen and oxygen atoms in total. The number of aromatic nitrogens is 1. The van der Waals surface area contributed by atoms with E-state index < -0.39 is 9.05 Å². The van der Waals surface area contributed by atoms with Crippen LogP contribution < -0.4 is 0 Å². The van der Waals surface area contributed by atoms with Gasteiger partial charge in [0.25, 0.3) is 15.0 Å². The molecule has 1 aromatic heterocycles. The second-order valence-electron chi connectivity index (χ2n) is 5.01. The van der Waals surface area contributed by atoms with Crippen LogP contribution in [0.25, 0.3) is 0 Å². The highest BCUT2D eigenvalue weighted by Crippen LogP contribution is 2.29. The summed E-state index contributed by atoms with van der Waals surface area (Å²) >= 11 is 0. The van der Waals surface area contributed by atoms with E-state index in [1.807, 2.05) is 18.7 Å². The van der Waals surface area contributed by atoms with Gasteiger partial charge in [-0.25, -0.2) is 8.42 Å². The minimum absolute atomic E-state index is 0.0170. The maximum atomic E-state index is 12.6. The second-order valence-corrected chi connectivity index (χ2v) is 7.58. The minimum Gasteiger partial charge on any atom is -0.342 e. The minimum atomic E-state index is -3.81. The lowest BCUT2D eigenvalue weighted by atomic mass is 10.3. The number of carbonyl (C=O) groups is 1. The molecule has 1 saturated carbocycles. The lowest BCUT2D eigenvalue weighted by molar-refractivity contribution is 0.0732. The average Bonchev–Trinajstić information content (AvgIpc) is 3.11. The highest BCUT2D eigenvalue weighted by Gasteiger charge is 2.34. The number of nitrogens with zero attached hydrogens (tertiary/aromatic N) is 2. The largest absolute Gasteiger partial charge is 0.342 e. The molecule has 1 aliphatic carbocycles. The molecule has 1 aromatic rings. The van der Waals surface area contributed by atoms with Crippen molar-refractivity contribution in [2.75, 3.05) is 6.54 Å². The summed E-state index contributed by atoms with van der Waals surface area (Å²) < 4.78 is 24.5. The Bertz CT molecular complexity index is 605. The second kappa shape index (κ2) is 5.77. The van der Waals surface area contributed by atoms with Crippen LogP contribution in [0.3, 0.4) is 0 Å². The van der Waals surface area contributed by atoms with E-state index in [2.05, 4.69) is 0 Å². The molecule has 2 rings (SSSR count). The van der Waals surface area contributed by atoms with Crippen molar-refractivity contribution in [1.82, 2.24) is 9.47 Å². The molecule has 1 heterocycles. The molecule has 0 saturated heterocycles. The zero-order valence-corrected chi connectivity index (χ0v) is 13.2. The number of amides is 1. The van der Waals surface area contributed by atoms with Crippen LogP contribution in [-0.2, 0) is 15.6 Å². The molecule has 0 spiro atoms. The molecule has 7 heteroatoms. The van der Waals surface area contributed by atoms with Gasteiger partial charge in [0.15, 0.2) is 0 Å². The van der Waals surface area contributed by atoms with Crippen molar-refractivity contribution >= 4 is 25.6 Å². The third-order valence-corrected chi connectivity index (χ3v) is 4.75. The first-order chi connectivity index (χ1) is 9.38. The van der Waals surface area contributed by atoms with E-state index in [9.17, 15) is 13.2 Å². The van der Waals surface area contributed by atoms with Gasteiger partial charge in [-0.05, 0) is 32.3 Å². The van der Waals surface area contributed by atoms with Crippen molar-refractivity contribution in [3.8, 4) is 0 Å². The predicted molar refractivity (Wildman–Crippen MR) is 77.5 cm³/mol. The molecule has 0 atom stereocenters. The van der Waals surface area contributed by atoms with Crippen LogP contribution in [0.1, 0.15) is 43.6 Å². The summed E-state index contributed by atoms with van der Waals surface area (Å²) in [5.74, 6) is -0.109.